The Morgan fingerprint density at radius 2 is 1.70 bits per heavy atom. The molecular formula is C11H16N4O4S. The van der Waals surface area contributed by atoms with Gasteiger partial charge in [-0.3, -0.25) is 15.0 Å². The summed E-state index contributed by atoms with van der Waals surface area (Å²) < 4.78 is 25.8. The molecule has 0 heterocycles. The molecule has 0 aromatic heterocycles. The molecule has 2 amide bonds. The third-order valence-corrected chi connectivity index (χ3v) is 3.78. The molecule has 0 bridgehead atoms. The van der Waals surface area contributed by atoms with Crippen molar-refractivity contribution >= 4 is 21.8 Å². The van der Waals surface area contributed by atoms with Crippen LogP contribution in [-0.2, 0) is 19.6 Å². The number of hydrogen-bond donors (Lipinski definition) is 4. The lowest BCUT2D eigenvalue weighted by molar-refractivity contribution is -0.125. The maximum atomic E-state index is 11.9. The van der Waals surface area contributed by atoms with Crippen molar-refractivity contribution in [3.8, 4) is 0 Å². The summed E-state index contributed by atoms with van der Waals surface area (Å²) in [7, 11) is -3.75. The van der Waals surface area contributed by atoms with Crippen molar-refractivity contribution in [2.24, 2.45) is 5.84 Å². The topological polar surface area (TPSA) is 130 Å². The smallest absolute Gasteiger partial charge is 0.253 e. The lowest BCUT2D eigenvalue weighted by Crippen LogP contribution is -2.43. The molecule has 0 radical (unpaired) electrons. The van der Waals surface area contributed by atoms with Gasteiger partial charge in [0.2, 0.25) is 15.9 Å². The summed E-state index contributed by atoms with van der Waals surface area (Å²) in [5, 5.41) is 2.21. The number of nitrogens with two attached hydrogens (primary N) is 1. The predicted molar refractivity (Wildman–Crippen MR) is 71.7 cm³/mol. The predicted octanol–water partition coefficient (Wildman–Crippen LogP) is -1.62. The summed E-state index contributed by atoms with van der Waals surface area (Å²) in [4.78, 5) is 22.2. The van der Waals surface area contributed by atoms with Crippen LogP contribution in [0.5, 0.6) is 0 Å². The summed E-state index contributed by atoms with van der Waals surface area (Å²) in [5.74, 6) is 3.61. The van der Waals surface area contributed by atoms with Gasteiger partial charge in [0.1, 0.15) is 0 Å². The number of hydrogen-bond acceptors (Lipinski definition) is 5. The van der Waals surface area contributed by atoms with E-state index in [1.165, 1.54) is 12.1 Å². The number of rotatable bonds is 6. The van der Waals surface area contributed by atoms with Gasteiger partial charge in [-0.05, 0) is 19.1 Å². The van der Waals surface area contributed by atoms with E-state index < -0.39 is 28.4 Å². The van der Waals surface area contributed by atoms with E-state index in [0.717, 1.165) is 5.56 Å². The number of hydrazine groups is 1. The molecule has 0 saturated carbocycles. The Bertz CT molecular complexity index is 583. The number of carbonyl (C=O) groups is 2. The first-order chi connectivity index (χ1) is 9.35. The largest absolute Gasteiger partial charge is 0.346 e. The minimum absolute atomic E-state index is 0.0654. The van der Waals surface area contributed by atoms with Crippen LogP contribution in [0.25, 0.3) is 0 Å². The van der Waals surface area contributed by atoms with Crippen molar-refractivity contribution < 1.29 is 18.0 Å². The number of benzene rings is 1. The van der Waals surface area contributed by atoms with Gasteiger partial charge < -0.3 is 5.32 Å². The van der Waals surface area contributed by atoms with Crippen LogP contribution in [0.3, 0.4) is 0 Å². The first-order valence-corrected chi connectivity index (χ1v) is 7.16. The minimum Gasteiger partial charge on any atom is -0.346 e. The van der Waals surface area contributed by atoms with Crippen molar-refractivity contribution in [1.29, 1.82) is 0 Å². The maximum absolute atomic E-state index is 11.9. The summed E-state index contributed by atoms with van der Waals surface area (Å²) in [5.41, 5.74) is 2.76. The van der Waals surface area contributed by atoms with Gasteiger partial charge in [0.05, 0.1) is 18.0 Å². The van der Waals surface area contributed by atoms with Gasteiger partial charge in [-0.25, -0.2) is 19.0 Å². The van der Waals surface area contributed by atoms with E-state index in [-0.39, 0.29) is 11.4 Å². The van der Waals surface area contributed by atoms with Crippen LogP contribution in [0.15, 0.2) is 29.2 Å². The van der Waals surface area contributed by atoms with Gasteiger partial charge in [-0.1, -0.05) is 17.7 Å². The molecular weight excluding hydrogens is 284 g/mol. The van der Waals surface area contributed by atoms with Gasteiger partial charge in [0, 0.05) is 0 Å². The molecule has 0 aliphatic rings. The lowest BCUT2D eigenvalue weighted by Gasteiger charge is -2.07. The van der Waals surface area contributed by atoms with Crippen LogP contribution in [0.4, 0.5) is 0 Å². The quantitative estimate of drug-likeness (QED) is 0.285. The summed E-state index contributed by atoms with van der Waals surface area (Å²) in [6, 6.07) is 6.19. The van der Waals surface area contributed by atoms with Crippen molar-refractivity contribution in [2.45, 2.75) is 11.8 Å². The SMILES string of the molecule is Cc1ccc(S(=O)(=O)NCC(=O)NCC(=O)NN)cc1. The van der Waals surface area contributed by atoms with E-state index >= 15 is 0 Å². The molecule has 0 fully saturated rings. The molecule has 0 atom stereocenters. The summed E-state index contributed by atoms with van der Waals surface area (Å²) >= 11 is 0. The van der Waals surface area contributed by atoms with E-state index in [1.54, 1.807) is 12.1 Å². The fourth-order valence-electron chi connectivity index (χ4n) is 1.25. The first kappa shape index (κ1) is 16.1. The first-order valence-electron chi connectivity index (χ1n) is 5.67. The van der Waals surface area contributed by atoms with Gasteiger partial charge in [-0.2, -0.15) is 0 Å². The Morgan fingerprint density at radius 3 is 2.25 bits per heavy atom. The normalized spacial score (nSPS) is 10.9. The van der Waals surface area contributed by atoms with Crippen molar-refractivity contribution in [3.63, 3.8) is 0 Å². The lowest BCUT2D eigenvalue weighted by atomic mass is 10.2. The highest BCUT2D eigenvalue weighted by Crippen LogP contribution is 2.09. The third kappa shape index (κ3) is 4.96. The van der Waals surface area contributed by atoms with Gasteiger partial charge in [0.15, 0.2) is 0 Å². The minimum atomic E-state index is -3.75. The number of sulfonamides is 1. The standard InChI is InChI=1S/C11H16N4O4S/c1-8-2-4-9(5-3-8)20(18,19)14-7-10(16)13-6-11(17)15-12/h2-5,14H,6-7,12H2,1H3,(H,13,16)(H,15,17). The van der Waals surface area contributed by atoms with E-state index in [9.17, 15) is 18.0 Å². The Labute approximate surface area is 116 Å². The van der Waals surface area contributed by atoms with Crippen LogP contribution in [0.2, 0.25) is 0 Å². The molecule has 0 unspecified atom stereocenters. The zero-order valence-electron chi connectivity index (χ0n) is 10.8. The highest BCUT2D eigenvalue weighted by Gasteiger charge is 2.15. The number of nitrogens with one attached hydrogen (secondary N) is 3. The van der Waals surface area contributed by atoms with Gasteiger partial charge in [0.25, 0.3) is 5.91 Å². The third-order valence-electron chi connectivity index (χ3n) is 2.36. The fraction of sp³-hybridized carbons (Fsp3) is 0.273. The van der Waals surface area contributed by atoms with E-state index in [2.05, 4.69) is 10.0 Å². The Kier molecular flexibility index (Phi) is 5.62. The molecule has 5 N–H and O–H groups in total. The van der Waals surface area contributed by atoms with Crippen LogP contribution in [-0.4, -0.2) is 33.3 Å². The Hall–Kier alpha value is -1.97. The summed E-state index contributed by atoms with van der Waals surface area (Å²) in [6.07, 6.45) is 0. The molecule has 0 aliphatic heterocycles. The molecule has 1 aromatic carbocycles. The molecule has 1 aromatic rings. The Morgan fingerprint density at radius 1 is 1.10 bits per heavy atom. The molecule has 8 nitrogen and oxygen atoms in total. The molecule has 0 aliphatic carbocycles. The molecule has 9 heteroatoms. The van der Waals surface area contributed by atoms with Crippen molar-refractivity contribution in [1.82, 2.24) is 15.5 Å². The fourth-order valence-corrected chi connectivity index (χ4v) is 2.24. The average Bonchev–Trinajstić information content (AvgIpc) is 2.43. The molecule has 1 rings (SSSR count). The molecule has 0 spiro atoms. The van der Waals surface area contributed by atoms with Crippen LogP contribution >= 0.6 is 0 Å². The van der Waals surface area contributed by atoms with Crippen LogP contribution in [0, 0.1) is 6.92 Å². The maximum Gasteiger partial charge on any atom is 0.253 e. The van der Waals surface area contributed by atoms with Gasteiger partial charge >= 0.3 is 0 Å². The molecule has 110 valence electrons. The monoisotopic (exact) mass is 300 g/mol. The zero-order chi connectivity index (χ0) is 15.2. The van der Waals surface area contributed by atoms with Gasteiger partial charge in [-0.15, -0.1) is 0 Å². The van der Waals surface area contributed by atoms with Crippen LogP contribution in [0.1, 0.15) is 5.56 Å². The van der Waals surface area contributed by atoms with Crippen LogP contribution < -0.4 is 21.3 Å². The second kappa shape index (κ2) is 6.98. The molecule has 0 saturated heterocycles. The second-order valence-corrected chi connectivity index (χ2v) is 5.75. The van der Waals surface area contributed by atoms with E-state index in [4.69, 9.17) is 5.84 Å². The van der Waals surface area contributed by atoms with E-state index in [0.29, 0.717) is 0 Å². The second-order valence-electron chi connectivity index (χ2n) is 3.98. The summed E-state index contributed by atoms with van der Waals surface area (Å²) in [6.45, 7) is 1.05. The van der Waals surface area contributed by atoms with Crippen molar-refractivity contribution in [2.75, 3.05) is 13.1 Å². The highest BCUT2D eigenvalue weighted by atomic mass is 32.2. The number of amides is 2. The number of carbonyl (C=O) groups excluding carboxylic acids is 2. The average molecular weight is 300 g/mol. The molecule has 20 heavy (non-hydrogen) atoms. The highest BCUT2D eigenvalue weighted by molar-refractivity contribution is 7.89. The van der Waals surface area contributed by atoms with Crippen molar-refractivity contribution in [3.05, 3.63) is 29.8 Å². The Balaban J connectivity index is 2.53. The zero-order valence-corrected chi connectivity index (χ0v) is 11.7. The number of aryl methyl sites for hydroxylation is 1. The van der Waals surface area contributed by atoms with E-state index in [1.807, 2.05) is 12.3 Å².